The van der Waals surface area contributed by atoms with Crippen molar-refractivity contribution < 1.29 is 0 Å². The van der Waals surface area contributed by atoms with Crippen molar-refractivity contribution >= 4 is 11.4 Å². The van der Waals surface area contributed by atoms with E-state index in [1.807, 2.05) is 18.2 Å². The second kappa shape index (κ2) is 3.89. The van der Waals surface area contributed by atoms with Crippen molar-refractivity contribution in [1.29, 1.82) is 0 Å². The number of fused-ring (bicyclic) bond motifs is 1. The topological polar surface area (TPSA) is 24.7 Å². The molecule has 1 atom stereocenters. The zero-order chi connectivity index (χ0) is 10.8. The fourth-order valence-corrected chi connectivity index (χ4v) is 1.99. The van der Waals surface area contributed by atoms with Crippen LogP contribution >= 0.6 is 0 Å². The molecule has 0 N–H and O–H groups in total. The fraction of sp³-hybridized carbons (Fsp3) is 0.143. The lowest BCUT2D eigenvalue weighted by molar-refractivity contribution is 0.822. The van der Waals surface area contributed by atoms with E-state index in [1.165, 1.54) is 0 Å². The average Bonchev–Trinajstić information content (AvgIpc) is 2.74. The van der Waals surface area contributed by atoms with Gasteiger partial charge in [-0.05, 0) is 18.6 Å². The molecular formula is C14H12N2. The molecule has 2 heteroatoms. The Morgan fingerprint density at radius 2 is 2.06 bits per heavy atom. The van der Waals surface area contributed by atoms with Gasteiger partial charge in [-0.3, -0.25) is 0 Å². The summed E-state index contributed by atoms with van der Waals surface area (Å²) in [6, 6.07) is 8.09. The van der Waals surface area contributed by atoms with E-state index in [9.17, 15) is 0 Å². The molecule has 0 bridgehead atoms. The molecule has 0 radical (unpaired) electrons. The second-order valence-corrected chi connectivity index (χ2v) is 3.98. The highest BCUT2D eigenvalue weighted by atomic mass is 15.1. The van der Waals surface area contributed by atoms with Gasteiger partial charge in [-0.2, -0.15) is 5.11 Å². The Bertz CT molecular complexity index is 521. The molecule has 1 unspecified atom stereocenters. The van der Waals surface area contributed by atoms with Gasteiger partial charge in [-0.25, -0.2) is 0 Å². The maximum Gasteiger partial charge on any atom is 0.0951 e. The first-order valence-corrected chi connectivity index (χ1v) is 5.50. The van der Waals surface area contributed by atoms with Crippen molar-refractivity contribution in [3.05, 3.63) is 60.2 Å². The normalized spacial score (nSPS) is 24.0. The zero-order valence-corrected chi connectivity index (χ0v) is 8.88. The van der Waals surface area contributed by atoms with E-state index in [1.54, 1.807) is 0 Å². The Hall–Kier alpha value is -1.96. The molecule has 1 heterocycles. The summed E-state index contributed by atoms with van der Waals surface area (Å²) in [6.07, 6.45) is 11.8. The second-order valence-electron chi connectivity index (χ2n) is 3.98. The van der Waals surface area contributed by atoms with Gasteiger partial charge in [0.1, 0.15) is 0 Å². The summed E-state index contributed by atoms with van der Waals surface area (Å²) in [5, 5.41) is 8.39. The molecular weight excluding hydrogens is 196 g/mol. The summed E-state index contributed by atoms with van der Waals surface area (Å²) in [5.74, 6) is 0.449. The van der Waals surface area contributed by atoms with E-state index in [0.29, 0.717) is 5.92 Å². The molecule has 1 aromatic carbocycles. The standard InChI is InChI=1S/C14H12N2/c1-2-6-11(7-3-1)10-14-12-8-4-5-9-13(12)15-16-14/h1-6,8-11H,7H2. The van der Waals surface area contributed by atoms with Crippen molar-refractivity contribution in [3.63, 3.8) is 0 Å². The highest BCUT2D eigenvalue weighted by Crippen LogP contribution is 2.35. The third-order valence-electron chi connectivity index (χ3n) is 2.83. The van der Waals surface area contributed by atoms with Gasteiger partial charge in [0, 0.05) is 11.5 Å². The predicted octanol–water partition coefficient (Wildman–Crippen LogP) is 4.26. The molecule has 3 rings (SSSR count). The molecule has 16 heavy (non-hydrogen) atoms. The highest BCUT2D eigenvalue weighted by molar-refractivity contribution is 5.77. The average molecular weight is 208 g/mol. The van der Waals surface area contributed by atoms with Crippen molar-refractivity contribution in [2.45, 2.75) is 6.42 Å². The van der Waals surface area contributed by atoms with E-state index >= 15 is 0 Å². The monoisotopic (exact) mass is 208 g/mol. The van der Waals surface area contributed by atoms with Gasteiger partial charge >= 0.3 is 0 Å². The number of benzene rings is 1. The lowest BCUT2D eigenvalue weighted by Crippen LogP contribution is -1.93. The smallest absolute Gasteiger partial charge is 0.0951 e. The molecule has 0 spiro atoms. The van der Waals surface area contributed by atoms with E-state index in [-0.39, 0.29) is 0 Å². The lowest BCUT2D eigenvalue weighted by Gasteiger charge is -2.07. The molecule has 2 nitrogen and oxygen atoms in total. The molecule has 0 amide bonds. The van der Waals surface area contributed by atoms with Crippen molar-refractivity contribution in [2.24, 2.45) is 16.1 Å². The maximum absolute atomic E-state index is 4.23. The number of hydrogen-bond donors (Lipinski definition) is 0. The highest BCUT2D eigenvalue weighted by Gasteiger charge is 2.14. The van der Waals surface area contributed by atoms with Crippen LogP contribution in [0.2, 0.25) is 0 Å². The Labute approximate surface area is 94.7 Å². The molecule has 0 saturated heterocycles. The quantitative estimate of drug-likeness (QED) is 0.659. The third kappa shape index (κ3) is 1.63. The molecule has 1 aromatic rings. The van der Waals surface area contributed by atoms with Crippen LogP contribution in [0.5, 0.6) is 0 Å². The summed E-state index contributed by atoms with van der Waals surface area (Å²) in [7, 11) is 0. The van der Waals surface area contributed by atoms with Gasteiger partial charge in [0.15, 0.2) is 0 Å². The molecule has 0 aromatic heterocycles. The predicted molar refractivity (Wildman–Crippen MR) is 65.3 cm³/mol. The molecule has 0 saturated carbocycles. The van der Waals surface area contributed by atoms with E-state index < -0.39 is 0 Å². The van der Waals surface area contributed by atoms with Crippen molar-refractivity contribution in [1.82, 2.24) is 0 Å². The lowest BCUT2D eigenvalue weighted by atomic mass is 9.98. The minimum atomic E-state index is 0.449. The van der Waals surface area contributed by atoms with Crippen LogP contribution in [-0.4, -0.2) is 0 Å². The summed E-state index contributed by atoms with van der Waals surface area (Å²) >= 11 is 0. The molecule has 1 aliphatic heterocycles. The van der Waals surface area contributed by atoms with Crippen molar-refractivity contribution in [2.75, 3.05) is 0 Å². The van der Waals surface area contributed by atoms with Gasteiger partial charge < -0.3 is 0 Å². The Balaban J connectivity index is 1.93. The van der Waals surface area contributed by atoms with Crippen LogP contribution < -0.4 is 0 Å². The number of allylic oxidation sites excluding steroid dienone is 5. The Kier molecular flexibility index (Phi) is 2.26. The number of hydrogen-bond acceptors (Lipinski definition) is 2. The minimum absolute atomic E-state index is 0.449. The van der Waals surface area contributed by atoms with Crippen LogP contribution in [0.1, 0.15) is 12.0 Å². The summed E-state index contributed by atoms with van der Waals surface area (Å²) in [6.45, 7) is 0. The first-order valence-electron chi connectivity index (χ1n) is 5.50. The number of nitrogens with zero attached hydrogens (tertiary/aromatic N) is 2. The van der Waals surface area contributed by atoms with E-state index in [0.717, 1.165) is 23.4 Å². The molecule has 78 valence electrons. The molecule has 2 aliphatic rings. The Morgan fingerprint density at radius 1 is 1.12 bits per heavy atom. The van der Waals surface area contributed by atoms with Crippen LogP contribution in [0.4, 0.5) is 5.69 Å². The van der Waals surface area contributed by atoms with Gasteiger partial charge in [0.05, 0.1) is 11.4 Å². The SMILES string of the molecule is C1=CCC(C=C2N=Nc3ccccc32)C=C1. The third-order valence-corrected chi connectivity index (χ3v) is 2.83. The summed E-state index contributed by atoms with van der Waals surface area (Å²) < 4.78 is 0. The van der Waals surface area contributed by atoms with Crippen molar-refractivity contribution in [3.8, 4) is 0 Å². The summed E-state index contributed by atoms with van der Waals surface area (Å²) in [5.41, 5.74) is 3.12. The van der Waals surface area contributed by atoms with Gasteiger partial charge in [0.2, 0.25) is 0 Å². The fourth-order valence-electron chi connectivity index (χ4n) is 1.99. The van der Waals surface area contributed by atoms with Crippen LogP contribution in [0, 0.1) is 5.92 Å². The van der Waals surface area contributed by atoms with Crippen LogP contribution in [0.25, 0.3) is 5.70 Å². The molecule has 0 fully saturated rings. The van der Waals surface area contributed by atoms with Crippen LogP contribution in [0.15, 0.2) is 64.9 Å². The van der Waals surface area contributed by atoms with Crippen LogP contribution in [-0.2, 0) is 0 Å². The zero-order valence-electron chi connectivity index (χ0n) is 8.88. The van der Waals surface area contributed by atoms with Gasteiger partial charge in [-0.1, -0.05) is 42.5 Å². The van der Waals surface area contributed by atoms with Gasteiger partial charge in [-0.15, -0.1) is 5.11 Å². The first-order chi connectivity index (χ1) is 7.93. The van der Waals surface area contributed by atoms with Crippen LogP contribution in [0.3, 0.4) is 0 Å². The van der Waals surface area contributed by atoms with Gasteiger partial charge in [0.25, 0.3) is 0 Å². The number of azo groups is 1. The minimum Gasteiger partial charge on any atom is -0.150 e. The van der Waals surface area contributed by atoms with E-state index in [2.05, 4.69) is 46.7 Å². The Morgan fingerprint density at radius 3 is 2.94 bits per heavy atom. The maximum atomic E-state index is 4.23. The number of rotatable bonds is 1. The first kappa shape index (κ1) is 9.28. The summed E-state index contributed by atoms with van der Waals surface area (Å²) in [4.78, 5) is 0. The molecule has 1 aliphatic carbocycles. The van der Waals surface area contributed by atoms with E-state index in [4.69, 9.17) is 0 Å². The largest absolute Gasteiger partial charge is 0.150 e.